The first-order valence-electron chi connectivity index (χ1n) is 18.9. The highest BCUT2D eigenvalue weighted by atomic mass is 16.6. The molecule has 0 saturated carbocycles. The van der Waals surface area contributed by atoms with Gasteiger partial charge in [-0.2, -0.15) is 0 Å². The molecule has 1 unspecified atom stereocenters. The zero-order chi connectivity index (χ0) is 40.2. The van der Waals surface area contributed by atoms with Gasteiger partial charge in [0.2, 0.25) is 11.8 Å². The van der Waals surface area contributed by atoms with Gasteiger partial charge in [0.1, 0.15) is 23.7 Å². The van der Waals surface area contributed by atoms with Gasteiger partial charge >= 0.3 is 12.2 Å². The zero-order valence-electron chi connectivity index (χ0n) is 32.7. The van der Waals surface area contributed by atoms with Crippen LogP contribution in [0, 0.1) is 11.8 Å². The van der Waals surface area contributed by atoms with Gasteiger partial charge in [-0.1, -0.05) is 27.7 Å². The Hall–Kier alpha value is -6.06. The second-order valence-corrected chi connectivity index (χ2v) is 14.2. The minimum Gasteiger partial charge on any atom is -0.453 e. The number of imidazole rings is 2. The Morgan fingerprint density at radius 3 is 1.41 bits per heavy atom. The van der Waals surface area contributed by atoms with Crippen molar-refractivity contribution >= 4 is 24.0 Å². The largest absolute Gasteiger partial charge is 0.453 e. The molecule has 4 aromatic rings. The Morgan fingerprint density at radius 2 is 1.04 bits per heavy atom. The number of nitrogens with one attached hydrogen (secondary N) is 6. The lowest BCUT2D eigenvalue weighted by molar-refractivity contribution is -0.124. The fourth-order valence-electron chi connectivity index (χ4n) is 6.11. The number of H-pyrrole nitrogens is 2. The van der Waals surface area contributed by atoms with Crippen LogP contribution in [-0.2, 0) is 31.9 Å². The Kier molecular flexibility index (Phi) is 14.3. The highest BCUT2D eigenvalue weighted by Gasteiger charge is 2.26. The maximum atomic E-state index is 12.5. The van der Waals surface area contributed by atoms with Crippen LogP contribution in [0.2, 0.25) is 0 Å². The molecule has 2 aromatic heterocycles. The average molecular weight is 773 g/mol. The van der Waals surface area contributed by atoms with E-state index in [1.165, 1.54) is 14.2 Å². The van der Waals surface area contributed by atoms with Gasteiger partial charge < -0.3 is 50.2 Å². The number of carbonyl (C=O) groups is 4. The smallest absolute Gasteiger partial charge is 0.407 e. The fourth-order valence-corrected chi connectivity index (χ4v) is 6.11. The summed E-state index contributed by atoms with van der Waals surface area (Å²) in [7, 11) is 2.54. The molecule has 2 atom stereocenters. The van der Waals surface area contributed by atoms with Crippen molar-refractivity contribution in [1.82, 2.24) is 41.2 Å². The Balaban J connectivity index is 1.07. The molecule has 56 heavy (non-hydrogen) atoms. The van der Waals surface area contributed by atoms with Crippen molar-refractivity contribution in [2.45, 2.75) is 78.3 Å². The molecule has 16 heteroatoms. The minimum atomic E-state index is -0.662. The molecule has 0 saturated heterocycles. The van der Waals surface area contributed by atoms with Crippen molar-refractivity contribution in [1.29, 1.82) is 0 Å². The van der Waals surface area contributed by atoms with Crippen LogP contribution in [0.1, 0.15) is 65.0 Å². The number of hydrogen-bond donors (Lipinski definition) is 6. The Labute approximate surface area is 326 Å². The molecule has 6 N–H and O–H groups in total. The van der Waals surface area contributed by atoms with E-state index in [1.807, 2.05) is 64.1 Å². The van der Waals surface area contributed by atoms with Gasteiger partial charge in [-0.15, -0.1) is 0 Å². The van der Waals surface area contributed by atoms with Crippen molar-refractivity contribution in [2.24, 2.45) is 11.8 Å². The number of fused-ring (bicyclic) bond motifs is 2. The van der Waals surface area contributed by atoms with Crippen LogP contribution >= 0.6 is 0 Å². The van der Waals surface area contributed by atoms with Crippen molar-refractivity contribution in [3.8, 4) is 45.5 Å². The number of hydrogen-bond acceptors (Lipinski definition) is 10. The topological polar surface area (TPSA) is 211 Å². The molecule has 300 valence electrons. The number of benzene rings is 2. The third kappa shape index (κ3) is 11.0. The number of alkyl carbamates (subject to hydrolysis) is 2. The molecule has 16 nitrogen and oxygen atoms in total. The SMILES string of the molecule is COC(=O)NC(C(=O)NCCCCc1ncc(-c2ccc3c(c2)Oc2ccc(-c4cnc(CCCCNC(=O)[C@@H](NC(=O)OC)C(C)C)[nH]4)cc2O3)[nH]1)C(C)C. The van der Waals surface area contributed by atoms with Crippen LogP contribution in [0.15, 0.2) is 48.8 Å². The third-order valence-electron chi connectivity index (χ3n) is 9.30. The van der Waals surface area contributed by atoms with Crippen LogP contribution in [0.4, 0.5) is 9.59 Å². The number of methoxy groups -OCH3 is 2. The summed E-state index contributed by atoms with van der Waals surface area (Å²) in [5, 5.41) is 10.9. The van der Waals surface area contributed by atoms with Crippen molar-refractivity contribution in [2.75, 3.05) is 27.3 Å². The van der Waals surface area contributed by atoms with Gasteiger partial charge in [-0.3, -0.25) is 9.59 Å². The molecule has 0 bridgehead atoms. The van der Waals surface area contributed by atoms with E-state index in [9.17, 15) is 19.2 Å². The van der Waals surface area contributed by atoms with E-state index in [4.69, 9.17) is 9.47 Å². The van der Waals surface area contributed by atoms with E-state index in [0.717, 1.165) is 59.8 Å². The number of aromatic nitrogens is 4. The first-order chi connectivity index (χ1) is 26.9. The first kappa shape index (κ1) is 41.1. The van der Waals surface area contributed by atoms with Crippen LogP contribution in [0.5, 0.6) is 23.0 Å². The second kappa shape index (κ2) is 19.5. The monoisotopic (exact) mass is 772 g/mol. The summed E-state index contributed by atoms with van der Waals surface area (Å²) < 4.78 is 21.8. The van der Waals surface area contributed by atoms with Gasteiger partial charge in [-0.05, 0) is 73.9 Å². The maximum Gasteiger partial charge on any atom is 0.407 e. The van der Waals surface area contributed by atoms with E-state index in [0.29, 0.717) is 48.9 Å². The maximum absolute atomic E-state index is 12.5. The van der Waals surface area contributed by atoms with Gasteiger partial charge in [0.05, 0.1) is 38.0 Å². The number of aryl methyl sites for hydroxylation is 2. The van der Waals surface area contributed by atoms with E-state index >= 15 is 0 Å². The van der Waals surface area contributed by atoms with Crippen LogP contribution < -0.4 is 30.7 Å². The van der Waals surface area contributed by atoms with Crippen molar-refractivity contribution in [3.05, 3.63) is 60.4 Å². The number of aromatic amines is 2. The highest BCUT2D eigenvalue weighted by molar-refractivity contribution is 5.86. The number of rotatable bonds is 18. The zero-order valence-corrected chi connectivity index (χ0v) is 32.7. The summed E-state index contributed by atoms with van der Waals surface area (Å²) in [6.07, 6.45) is 6.85. The Bertz CT molecular complexity index is 1830. The van der Waals surface area contributed by atoms with Crippen molar-refractivity contribution in [3.63, 3.8) is 0 Å². The summed E-state index contributed by atoms with van der Waals surface area (Å²) in [4.78, 5) is 64.1. The molecule has 1 aliphatic rings. The molecular weight excluding hydrogens is 720 g/mol. The van der Waals surface area contributed by atoms with Gasteiger partial charge in [0, 0.05) is 37.1 Å². The second-order valence-electron chi connectivity index (χ2n) is 14.2. The number of nitrogens with zero attached hydrogens (tertiary/aromatic N) is 2. The van der Waals surface area contributed by atoms with E-state index in [-0.39, 0.29) is 23.7 Å². The molecule has 4 amide bonds. The minimum absolute atomic E-state index is 0.0794. The number of unbranched alkanes of at least 4 members (excludes halogenated alkanes) is 2. The molecular formula is C40H52N8O8. The Morgan fingerprint density at radius 1 is 0.625 bits per heavy atom. The van der Waals surface area contributed by atoms with Crippen LogP contribution in [0.25, 0.3) is 22.5 Å². The lowest BCUT2D eigenvalue weighted by atomic mass is 10.0. The summed E-state index contributed by atoms with van der Waals surface area (Å²) in [6, 6.07) is 10.2. The fraction of sp³-hybridized carbons (Fsp3) is 0.450. The summed E-state index contributed by atoms with van der Waals surface area (Å²) in [5.74, 6) is 3.42. The quantitative estimate of drug-likeness (QED) is 0.0572. The third-order valence-corrected chi connectivity index (χ3v) is 9.30. The molecule has 2 aromatic carbocycles. The van der Waals surface area contributed by atoms with Crippen LogP contribution in [0.3, 0.4) is 0 Å². The molecule has 1 aliphatic heterocycles. The van der Waals surface area contributed by atoms with Gasteiger partial charge in [0.25, 0.3) is 0 Å². The van der Waals surface area contributed by atoms with Gasteiger partial charge in [0.15, 0.2) is 23.0 Å². The van der Waals surface area contributed by atoms with Crippen LogP contribution in [-0.4, -0.2) is 83.3 Å². The molecule has 0 spiro atoms. The number of amides is 4. The predicted octanol–water partition coefficient (Wildman–Crippen LogP) is 6.00. The summed E-state index contributed by atoms with van der Waals surface area (Å²) in [5.41, 5.74) is 3.50. The summed E-state index contributed by atoms with van der Waals surface area (Å²) in [6.45, 7) is 8.41. The highest BCUT2D eigenvalue weighted by Crippen LogP contribution is 2.47. The normalized spacial score (nSPS) is 12.7. The average Bonchev–Trinajstić information content (AvgIpc) is 3.87. The molecule has 3 heterocycles. The molecule has 5 rings (SSSR count). The lowest BCUT2D eigenvalue weighted by Gasteiger charge is -2.21. The van der Waals surface area contributed by atoms with E-state index in [2.05, 4.69) is 50.7 Å². The number of ether oxygens (including phenoxy) is 4. The summed E-state index contributed by atoms with van der Waals surface area (Å²) >= 11 is 0. The van der Waals surface area contributed by atoms with Crippen molar-refractivity contribution < 1.29 is 38.1 Å². The molecule has 0 aliphatic carbocycles. The van der Waals surface area contributed by atoms with E-state index in [1.54, 1.807) is 12.4 Å². The molecule has 0 fully saturated rings. The number of carbonyl (C=O) groups excluding carboxylic acids is 4. The first-order valence-corrected chi connectivity index (χ1v) is 18.9. The van der Waals surface area contributed by atoms with Gasteiger partial charge in [-0.25, -0.2) is 19.6 Å². The lowest BCUT2D eigenvalue weighted by Crippen LogP contribution is -2.49. The standard InChI is InChI=1S/C40H52N8O8/c1-23(2)35(47-39(51)53-5)37(49)41-17-9-7-11-33-43-21-27(45-33)25-13-15-29-31(19-25)55-30-16-14-26(20-32(30)56-29)28-22-44-34(46-28)12-8-10-18-42-38(50)36(24(3)4)48-40(52)54-6/h13-16,19-24,35-36H,7-12,17-18H2,1-6H3,(H,41,49)(H,42,50)(H,43,45)(H,44,46)(H,47,51)(H,48,52)/t35-,36?/m0/s1. The predicted molar refractivity (Wildman–Crippen MR) is 208 cm³/mol. The van der Waals surface area contributed by atoms with E-state index < -0.39 is 24.3 Å². The molecule has 0 radical (unpaired) electrons.